The predicted octanol–water partition coefficient (Wildman–Crippen LogP) is 3.87. The van der Waals surface area contributed by atoms with E-state index < -0.39 is 60.7 Å². The molecule has 0 aliphatic carbocycles. The van der Waals surface area contributed by atoms with Gasteiger partial charge in [0.1, 0.15) is 17.9 Å². The number of benzene rings is 2. The fraction of sp³-hybridized carbons (Fsp3) is 0.278. The fourth-order valence-electron chi connectivity index (χ4n) is 2.31. The molecular weight excluding hydrogens is 452 g/mol. The van der Waals surface area contributed by atoms with Crippen molar-refractivity contribution in [1.29, 1.82) is 0 Å². The maximum atomic E-state index is 14.0. The monoisotopic (exact) mass is 467 g/mol. The summed E-state index contributed by atoms with van der Waals surface area (Å²) in [6.07, 6.45) is -0.540. The Balaban J connectivity index is 1.91. The molecule has 2 aromatic carbocycles. The van der Waals surface area contributed by atoms with Gasteiger partial charge in [-0.25, -0.2) is 17.7 Å². The van der Waals surface area contributed by atoms with Crippen LogP contribution < -0.4 is 14.1 Å². The Morgan fingerprint density at radius 2 is 1.55 bits per heavy atom. The van der Waals surface area contributed by atoms with E-state index >= 15 is 0 Å². The molecular formula is C18H15F5NO6P. The summed E-state index contributed by atoms with van der Waals surface area (Å²) in [5, 5.41) is 2.08. The van der Waals surface area contributed by atoms with Gasteiger partial charge in [0.25, 0.3) is 0 Å². The zero-order chi connectivity index (χ0) is 22.8. The molecule has 7 nitrogen and oxygen atoms in total. The van der Waals surface area contributed by atoms with Crippen LogP contribution in [-0.2, 0) is 18.8 Å². The Kier molecular flexibility index (Phi) is 6.83. The second-order valence-electron chi connectivity index (χ2n) is 6.34. The molecule has 0 saturated carbocycles. The minimum Gasteiger partial charge on any atom is -0.456 e. The normalized spacial score (nSPS) is 16.7. The summed E-state index contributed by atoms with van der Waals surface area (Å²) in [6.45, 7) is 1.47. The molecule has 1 N–H and O–H groups in total. The Hall–Kier alpha value is -2.69. The SMILES string of the molecule is C[C@H](NP(=O)(Oc1ccccc1)Oc1c(F)c(F)c(F)c(F)c1F)C(=O)OC1COC1. The third kappa shape index (κ3) is 5.15. The van der Waals surface area contributed by atoms with Crippen LogP contribution in [0.15, 0.2) is 30.3 Å². The lowest BCUT2D eigenvalue weighted by atomic mass is 10.3. The molecule has 0 amide bonds. The highest BCUT2D eigenvalue weighted by atomic mass is 31.2. The summed E-state index contributed by atoms with van der Waals surface area (Å²) in [4.78, 5) is 12.1. The number of para-hydroxylation sites is 1. The molecule has 13 heteroatoms. The van der Waals surface area contributed by atoms with Crippen molar-refractivity contribution in [2.45, 2.75) is 19.1 Å². The van der Waals surface area contributed by atoms with Gasteiger partial charge in [-0.15, -0.1) is 0 Å². The van der Waals surface area contributed by atoms with Crippen LogP contribution in [0.1, 0.15) is 6.92 Å². The Labute approximate surface area is 172 Å². The van der Waals surface area contributed by atoms with Crippen LogP contribution in [0.4, 0.5) is 22.0 Å². The predicted molar refractivity (Wildman–Crippen MR) is 94.8 cm³/mol. The molecule has 3 rings (SSSR count). The van der Waals surface area contributed by atoms with Crippen molar-refractivity contribution < 1.29 is 49.8 Å². The van der Waals surface area contributed by atoms with Crippen molar-refractivity contribution in [2.24, 2.45) is 0 Å². The van der Waals surface area contributed by atoms with Gasteiger partial charge in [-0.1, -0.05) is 18.2 Å². The zero-order valence-corrected chi connectivity index (χ0v) is 16.6. The quantitative estimate of drug-likeness (QED) is 0.208. The molecule has 0 spiro atoms. The number of esters is 1. The number of ether oxygens (including phenoxy) is 2. The molecule has 1 saturated heterocycles. The molecule has 2 atom stereocenters. The first-order chi connectivity index (χ1) is 14.6. The van der Waals surface area contributed by atoms with Gasteiger partial charge in [-0.2, -0.15) is 13.9 Å². The number of hydrogen-bond donors (Lipinski definition) is 1. The zero-order valence-electron chi connectivity index (χ0n) is 15.7. The number of nitrogens with one attached hydrogen (secondary N) is 1. The highest BCUT2D eigenvalue weighted by Crippen LogP contribution is 2.47. The first kappa shape index (κ1) is 23.0. The molecule has 1 heterocycles. The molecule has 1 aliphatic rings. The second-order valence-corrected chi connectivity index (χ2v) is 7.96. The van der Waals surface area contributed by atoms with Gasteiger partial charge in [-0.05, 0) is 19.1 Å². The van der Waals surface area contributed by atoms with E-state index in [4.69, 9.17) is 14.0 Å². The van der Waals surface area contributed by atoms with Crippen LogP contribution in [0.3, 0.4) is 0 Å². The lowest BCUT2D eigenvalue weighted by molar-refractivity contribution is -0.173. The topological polar surface area (TPSA) is 83.1 Å². The maximum Gasteiger partial charge on any atom is 0.513 e. The Morgan fingerprint density at radius 3 is 2.06 bits per heavy atom. The Bertz CT molecular complexity index is 991. The molecule has 0 bridgehead atoms. The van der Waals surface area contributed by atoms with Crippen LogP contribution in [0.5, 0.6) is 11.5 Å². The molecule has 1 unspecified atom stereocenters. The van der Waals surface area contributed by atoms with Gasteiger partial charge in [0.2, 0.25) is 34.8 Å². The van der Waals surface area contributed by atoms with Crippen molar-refractivity contribution in [3.05, 3.63) is 59.4 Å². The van der Waals surface area contributed by atoms with Crippen LogP contribution in [-0.4, -0.2) is 31.3 Å². The number of rotatable bonds is 8. The summed E-state index contributed by atoms with van der Waals surface area (Å²) < 4.78 is 101. The van der Waals surface area contributed by atoms with Crippen LogP contribution in [0, 0.1) is 29.1 Å². The molecule has 0 aromatic heterocycles. The molecule has 0 radical (unpaired) electrons. The van der Waals surface area contributed by atoms with E-state index in [0.717, 1.165) is 0 Å². The molecule has 31 heavy (non-hydrogen) atoms. The third-order valence-electron chi connectivity index (χ3n) is 3.95. The lowest BCUT2D eigenvalue weighted by Gasteiger charge is -2.28. The lowest BCUT2D eigenvalue weighted by Crippen LogP contribution is -2.43. The highest BCUT2D eigenvalue weighted by molar-refractivity contribution is 7.52. The van der Waals surface area contributed by atoms with Gasteiger partial charge < -0.3 is 18.5 Å². The molecule has 2 aromatic rings. The summed E-state index contributed by atoms with van der Waals surface area (Å²) in [5.74, 6) is -14.7. The summed E-state index contributed by atoms with van der Waals surface area (Å²) in [7, 11) is -4.93. The molecule has 1 fully saturated rings. The van der Waals surface area contributed by atoms with Crippen molar-refractivity contribution in [2.75, 3.05) is 13.2 Å². The minimum absolute atomic E-state index is 0.143. The smallest absolute Gasteiger partial charge is 0.456 e. The average Bonchev–Trinajstić information content (AvgIpc) is 2.71. The third-order valence-corrected chi connectivity index (χ3v) is 5.52. The van der Waals surface area contributed by atoms with Crippen molar-refractivity contribution in [3.8, 4) is 11.5 Å². The number of carbonyl (C=O) groups excluding carboxylic acids is 1. The van der Waals surface area contributed by atoms with Crippen molar-refractivity contribution in [1.82, 2.24) is 5.09 Å². The molecule has 168 valence electrons. The largest absolute Gasteiger partial charge is 0.513 e. The first-order valence-corrected chi connectivity index (χ1v) is 10.3. The average molecular weight is 467 g/mol. The minimum atomic E-state index is -4.93. The fourth-order valence-corrected chi connectivity index (χ4v) is 3.84. The number of halogens is 5. The van der Waals surface area contributed by atoms with Gasteiger partial charge in [-0.3, -0.25) is 4.79 Å². The number of carbonyl (C=O) groups is 1. The maximum absolute atomic E-state index is 14.0. The van der Waals surface area contributed by atoms with E-state index in [0.29, 0.717) is 0 Å². The van der Waals surface area contributed by atoms with E-state index in [2.05, 4.69) is 9.61 Å². The van der Waals surface area contributed by atoms with Gasteiger partial charge >= 0.3 is 13.7 Å². The van der Waals surface area contributed by atoms with Crippen molar-refractivity contribution >= 4 is 13.7 Å². The second kappa shape index (κ2) is 9.21. The Morgan fingerprint density at radius 1 is 1.00 bits per heavy atom. The first-order valence-electron chi connectivity index (χ1n) is 8.73. The van der Waals surface area contributed by atoms with Gasteiger partial charge in [0.05, 0.1) is 13.2 Å². The van der Waals surface area contributed by atoms with Crippen LogP contribution in [0.25, 0.3) is 0 Å². The van der Waals surface area contributed by atoms with Crippen LogP contribution in [0.2, 0.25) is 0 Å². The molecule has 1 aliphatic heterocycles. The summed E-state index contributed by atoms with van der Waals surface area (Å²) in [6, 6.07) is 5.61. The van der Waals surface area contributed by atoms with E-state index in [1.165, 1.54) is 31.2 Å². The van der Waals surface area contributed by atoms with Crippen LogP contribution >= 0.6 is 7.75 Å². The van der Waals surface area contributed by atoms with E-state index in [1.54, 1.807) is 6.07 Å². The summed E-state index contributed by atoms with van der Waals surface area (Å²) in [5.41, 5.74) is 0. The standard InChI is InChI=1S/C18H15F5NO6P/c1-9(18(25)28-11-7-27-8-11)24-31(26,29-10-5-3-2-4-6-10)30-17-15(22)13(20)12(19)14(21)16(17)23/h2-6,9,11H,7-8H2,1H3,(H,24,26)/t9-,31?/m0/s1. The summed E-state index contributed by atoms with van der Waals surface area (Å²) >= 11 is 0. The number of hydrogen-bond acceptors (Lipinski definition) is 6. The highest BCUT2D eigenvalue weighted by Gasteiger charge is 2.39. The van der Waals surface area contributed by atoms with E-state index in [-0.39, 0.29) is 19.0 Å². The van der Waals surface area contributed by atoms with Crippen molar-refractivity contribution in [3.63, 3.8) is 0 Å². The van der Waals surface area contributed by atoms with E-state index in [1.807, 2.05) is 0 Å². The van der Waals surface area contributed by atoms with E-state index in [9.17, 15) is 31.3 Å². The van der Waals surface area contributed by atoms with Gasteiger partial charge in [0.15, 0.2) is 0 Å². The van der Waals surface area contributed by atoms with Gasteiger partial charge in [0, 0.05) is 0 Å².